The Morgan fingerprint density at radius 3 is 1.33 bits per heavy atom. The maximum atomic E-state index is 10.2. The molecule has 0 radical (unpaired) electrons. The maximum Gasteiger partial charge on any atom is 0.335 e. The van der Waals surface area contributed by atoms with Crippen LogP contribution in [0.2, 0.25) is 0 Å². The quantitative estimate of drug-likeness (QED) is 0.614. The first-order chi connectivity index (χ1) is 12.8. The van der Waals surface area contributed by atoms with Crippen LogP contribution in [0.4, 0.5) is 0 Å². The van der Waals surface area contributed by atoms with Gasteiger partial charge < -0.3 is 20.4 Å². The molecule has 2 rings (SSSR count). The van der Waals surface area contributed by atoms with E-state index in [4.69, 9.17) is 20.4 Å². The van der Waals surface area contributed by atoms with E-state index in [1.54, 1.807) is 60.7 Å². The third-order valence-electron chi connectivity index (χ3n) is 3.89. The van der Waals surface area contributed by atoms with Gasteiger partial charge in [-0.1, -0.05) is 50.2 Å². The fraction of sp³-hybridized carbons (Fsp3) is 0.333. The van der Waals surface area contributed by atoms with Crippen molar-refractivity contribution in [2.24, 2.45) is 11.8 Å². The molecule has 2 unspecified atom stereocenters. The molecule has 0 bridgehead atoms. The standard InChI is InChI=1S/2C7H6O2.C7H16O2/c2*8-7(9)6-4-2-1-3-5-6;1-6(3-4-8)7(2)5-9/h2*1-5H,(H,8,9);6-9H,3-5H2,1-2H3. The predicted octanol–water partition coefficient (Wildman–Crippen LogP) is 3.40. The summed E-state index contributed by atoms with van der Waals surface area (Å²) in [4.78, 5) is 20.4. The van der Waals surface area contributed by atoms with Crippen molar-refractivity contribution in [1.82, 2.24) is 0 Å². The van der Waals surface area contributed by atoms with Gasteiger partial charge in [-0.05, 0) is 42.5 Å². The summed E-state index contributed by atoms with van der Waals surface area (Å²) in [7, 11) is 0. The van der Waals surface area contributed by atoms with Gasteiger partial charge in [-0.25, -0.2) is 9.59 Å². The molecular formula is C21H28O6. The van der Waals surface area contributed by atoms with Gasteiger partial charge >= 0.3 is 11.9 Å². The van der Waals surface area contributed by atoms with Crippen molar-refractivity contribution in [3.05, 3.63) is 71.8 Å². The Bertz CT molecular complexity index is 593. The zero-order chi connectivity index (χ0) is 20.7. The third-order valence-corrected chi connectivity index (χ3v) is 3.89. The summed E-state index contributed by atoms with van der Waals surface area (Å²) in [6.07, 6.45) is 0.793. The third kappa shape index (κ3) is 11.5. The molecule has 0 saturated heterocycles. The topological polar surface area (TPSA) is 115 Å². The number of hydrogen-bond acceptors (Lipinski definition) is 4. The molecule has 27 heavy (non-hydrogen) atoms. The summed E-state index contributed by atoms with van der Waals surface area (Å²) in [5.41, 5.74) is 0.662. The van der Waals surface area contributed by atoms with Gasteiger partial charge in [0.1, 0.15) is 0 Å². The Kier molecular flexibility index (Phi) is 13.0. The second-order valence-corrected chi connectivity index (χ2v) is 5.99. The first kappa shape index (κ1) is 24.3. The maximum absolute atomic E-state index is 10.2. The van der Waals surface area contributed by atoms with Crippen molar-refractivity contribution in [3.63, 3.8) is 0 Å². The lowest BCUT2D eigenvalue weighted by molar-refractivity contribution is 0.0686. The van der Waals surface area contributed by atoms with Crippen LogP contribution in [0.1, 0.15) is 41.0 Å². The molecule has 6 heteroatoms. The molecule has 2 atom stereocenters. The lowest BCUT2D eigenvalue weighted by Gasteiger charge is -2.15. The molecule has 2 aromatic carbocycles. The molecule has 0 aliphatic carbocycles. The number of rotatable bonds is 6. The van der Waals surface area contributed by atoms with Crippen LogP contribution >= 0.6 is 0 Å². The van der Waals surface area contributed by atoms with E-state index in [9.17, 15) is 9.59 Å². The highest BCUT2D eigenvalue weighted by atomic mass is 16.4. The van der Waals surface area contributed by atoms with Crippen molar-refractivity contribution < 1.29 is 30.0 Å². The normalized spacial score (nSPS) is 11.7. The molecule has 0 saturated carbocycles. The minimum Gasteiger partial charge on any atom is -0.478 e. The van der Waals surface area contributed by atoms with Crippen LogP contribution in [0.5, 0.6) is 0 Å². The van der Waals surface area contributed by atoms with Gasteiger partial charge in [-0.15, -0.1) is 0 Å². The van der Waals surface area contributed by atoms with E-state index in [0.29, 0.717) is 23.0 Å². The lowest BCUT2D eigenvalue weighted by atomic mass is 9.94. The summed E-state index contributed by atoms with van der Waals surface area (Å²) in [6, 6.07) is 16.6. The second-order valence-electron chi connectivity index (χ2n) is 5.99. The summed E-state index contributed by atoms with van der Waals surface area (Å²) in [5.74, 6) is -1.01. The van der Waals surface area contributed by atoms with Crippen LogP contribution in [-0.2, 0) is 0 Å². The number of benzene rings is 2. The van der Waals surface area contributed by atoms with E-state index in [-0.39, 0.29) is 13.2 Å². The molecule has 0 aromatic heterocycles. The van der Waals surface area contributed by atoms with Gasteiger partial charge in [-0.2, -0.15) is 0 Å². The largest absolute Gasteiger partial charge is 0.478 e. The fourth-order valence-electron chi connectivity index (χ4n) is 1.83. The van der Waals surface area contributed by atoms with E-state index in [2.05, 4.69) is 0 Å². The number of carboxylic acids is 2. The Hall–Kier alpha value is -2.70. The van der Waals surface area contributed by atoms with Crippen LogP contribution in [0.25, 0.3) is 0 Å². The Morgan fingerprint density at radius 1 is 0.741 bits per heavy atom. The van der Waals surface area contributed by atoms with E-state index in [1.807, 2.05) is 13.8 Å². The van der Waals surface area contributed by atoms with Gasteiger partial charge in [-0.3, -0.25) is 0 Å². The molecule has 6 nitrogen and oxygen atoms in total. The van der Waals surface area contributed by atoms with Gasteiger partial charge in [0, 0.05) is 13.2 Å². The van der Waals surface area contributed by atoms with E-state index < -0.39 is 11.9 Å². The molecule has 0 aliphatic heterocycles. The van der Waals surface area contributed by atoms with E-state index >= 15 is 0 Å². The summed E-state index contributed by atoms with van der Waals surface area (Å²) in [6.45, 7) is 4.48. The molecule has 0 amide bonds. The Morgan fingerprint density at radius 2 is 1.11 bits per heavy atom. The number of carbonyl (C=O) groups is 2. The number of carboxylic acid groups (broad SMARTS) is 2. The molecule has 148 valence electrons. The molecule has 0 aliphatic rings. The number of hydrogen-bond donors (Lipinski definition) is 4. The second kappa shape index (κ2) is 14.5. The van der Waals surface area contributed by atoms with Crippen LogP contribution in [0, 0.1) is 11.8 Å². The number of aromatic carboxylic acids is 2. The van der Waals surface area contributed by atoms with E-state index in [0.717, 1.165) is 6.42 Å². The number of aliphatic hydroxyl groups excluding tert-OH is 2. The predicted molar refractivity (Wildman–Crippen MR) is 104 cm³/mol. The van der Waals surface area contributed by atoms with Crippen LogP contribution in [-0.4, -0.2) is 45.6 Å². The molecular weight excluding hydrogens is 348 g/mol. The zero-order valence-corrected chi connectivity index (χ0v) is 15.7. The summed E-state index contributed by atoms with van der Waals surface area (Å²) in [5, 5.41) is 33.9. The highest BCUT2D eigenvalue weighted by Crippen LogP contribution is 2.12. The minimum absolute atomic E-state index is 0.223. The molecule has 0 heterocycles. The number of aliphatic hydroxyl groups is 2. The van der Waals surface area contributed by atoms with Crippen molar-refractivity contribution in [3.8, 4) is 0 Å². The SMILES string of the molecule is CC(CO)C(C)CCO.O=C(O)c1ccccc1.O=C(O)c1ccccc1. The van der Waals surface area contributed by atoms with Crippen molar-refractivity contribution >= 4 is 11.9 Å². The van der Waals surface area contributed by atoms with Gasteiger partial charge in [0.2, 0.25) is 0 Å². The average molecular weight is 376 g/mol. The van der Waals surface area contributed by atoms with Crippen molar-refractivity contribution in [2.75, 3.05) is 13.2 Å². The van der Waals surface area contributed by atoms with Gasteiger partial charge in [0.05, 0.1) is 11.1 Å². The Balaban J connectivity index is 0.000000376. The zero-order valence-electron chi connectivity index (χ0n) is 15.7. The first-order valence-corrected chi connectivity index (χ1v) is 8.61. The lowest BCUT2D eigenvalue weighted by Crippen LogP contribution is -2.13. The van der Waals surface area contributed by atoms with Crippen molar-refractivity contribution in [2.45, 2.75) is 20.3 Å². The van der Waals surface area contributed by atoms with Gasteiger partial charge in [0.15, 0.2) is 0 Å². The first-order valence-electron chi connectivity index (χ1n) is 8.61. The molecule has 0 fully saturated rings. The highest BCUT2D eigenvalue weighted by Gasteiger charge is 2.09. The summed E-state index contributed by atoms with van der Waals surface area (Å²) >= 11 is 0. The van der Waals surface area contributed by atoms with Crippen LogP contribution in [0.15, 0.2) is 60.7 Å². The monoisotopic (exact) mass is 376 g/mol. The fourth-order valence-corrected chi connectivity index (χ4v) is 1.83. The van der Waals surface area contributed by atoms with E-state index in [1.165, 1.54) is 0 Å². The minimum atomic E-state index is -0.879. The smallest absolute Gasteiger partial charge is 0.335 e. The van der Waals surface area contributed by atoms with Gasteiger partial charge in [0.25, 0.3) is 0 Å². The van der Waals surface area contributed by atoms with Crippen LogP contribution < -0.4 is 0 Å². The molecule has 2 aromatic rings. The van der Waals surface area contributed by atoms with Crippen LogP contribution in [0.3, 0.4) is 0 Å². The molecule has 0 spiro atoms. The van der Waals surface area contributed by atoms with Crippen molar-refractivity contribution in [1.29, 1.82) is 0 Å². The average Bonchev–Trinajstić information content (AvgIpc) is 2.69. The Labute approximate surface area is 159 Å². The molecule has 4 N–H and O–H groups in total. The highest BCUT2D eigenvalue weighted by molar-refractivity contribution is 5.87. The summed E-state index contributed by atoms with van der Waals surface area (Å²) < 4.78 is 0.